The van der Waals surface area contributed by atoms with E-state index in [9.17, 15) is 4.79 Å². The highest BCUT2D eigenvalue weighted by atomic mass is 16.3. The van der Waals surface area contributed by atoms with Crippen LogP contribution in [0.4, 0.5) is 11.5 Å². The summed E-state index contributed by atoms with van der Waals surface area (Å²) in [6.45, 7) is 2.54. The van der Waals surface area contributed by atoms with Gasteiger partial charge < -0.3 is 15.1 Å². The topological polar surface area (TPSA) is 67.2 Å². The van der Waals surface area contributed by atoms with Crippen molar-refractivity contribution in [1.82, 2.24) is 4.98 Å². The fraction of sp³-hybridized carbons (Fsp3) is 0.111. The van der Waals surface area contributed by atoms with E-state index in [4.69, 9.17) is 4.42 Å². The molecule has 0 saturated heterocycles. The van der Waals surface area contributed by atoms with E-state index in [1.165, 1.54) is 0 Å². The van der Waals surface area contributed by atoms with Gasteiger partial charge >= 0.3 is 0 Å². The minimum absolute atomic E-state index is 0.169. The molecule has 116 valence electrons. The lowest BCUT2D eigenvalue weighted by Crippen LogP contribution is -2.13. The lowest BCUT2D eigenvalue weighted by molar-refractivity contribution is 0.102. The van der Waals surface area contributed by atoms with Crippen LogP contribution >= 0.6 is 0 Å². The molecular weight excluding hydrogens is 290 g/mol. The molecule has 3 rings (SSSR count). The standard InChI is InChI=1S/C18H17N3O2/c1-13-4-2-5-14(10-13)18(22)21-17-8-7-15(11-20-17)19-12-16-6-3-9-23-16/h2-11,19H,12H2,1H3,(H,20,21,22). The lowest BCUT2D eigenvalue weighted by atomic mass is 10.1. The van der Waals surface area contributed by atoms with Crippen LogP contribution in [0.15, 0.2) is 65.4 Å². The van der Waals surface area contributed by atoms with Crippen LogP contribution < -0.4 is 10.6 Å². The summed E-state index contributed by atoms with van der Waals surface area (Å²) in [5.74, 6) is 1.19. The van der Waals surface area contributed by atoms with Gasteiger partial charge in [0.15, 0.2) is 0 Å². The van der Waals surface area contributed by atoms with Crippen molar-refractivity contribution in [3.8, 4) is 0 Å². The molecule has 5 heteroatoms. The summed E-state index contributed by atoms with van der Waals surface area (Å²) in [4.78, 5) is 16.4. The predicted molar refractivity (Wildman–Crippen MR) is 89.4 cm³/mol. The Morgan fingerprint density at radius 2 is 2.09 bits per heavy atom. The second-order valence-corrected chi connectivity index (χ2v) is 5.19. The van der Waals surface area contributed by atoms with Gasteiger partial charge in [-0.15, -0.1) is 0 Å². The Balaban J connectivity index is 1.59. The van der Waals surface area contributed by atoms with E-state index in [0.29, 0.717) is 17.9 Å². The van der Waals surface area contributed by atoms with Crippen LogP contribution in [0.1, 0.15) is 21.7 Å². The molecule has 1 amide bonds. The summed E-state index contributed by atoms with van der Waals surface area (Å²) >= 11 is 0. The summed E-state index contributed by atoms with van der Waals surface area (Å²) in [6.07, 6.45) is 3.31. The van der Waals surface area contributed by atoms with E-state index in [2.05, 4.69) is 15.6 Å². The molecule has 0 aliphatic heterocycles. The van der Waals surface area contributed by atoms with Crippen LogP contribution in [0.25, 0.3) is 0 Å². The molecule has 5 nitrogen and oxygen atoms in total. The largest absolute Gasteiger partial charge is 0.467 e. The molecule has 0 aliphatic carbocycles. The van der Waals surface area contributed by atoms with E-state index in [1.807, 2.05) is 43.3 Å². The van der Waals surface area contributed by atoms with E-state index >= 15 is 0 Å². The molecule has 0 bridgehead atoms. The Morgan fingerprint density at radius 3 is 2.78 bits per heavy atom. The highest BCUT2D eigenvalue weighted by Gasteiger charge is 2.06. The first kappa shape index (κ1) is 14.8. The van der Waals surface area contributed by atoms with Crippen molar-refractivity contribution in [1.29, 1.82) is 0 Å². The number of hydrogen-bond acceptors (Lipinski definition) is 4. The zero-order valence-corrected chi connectivity index (χ0v) is 12.7. The van der Waals surface area contributed by atoms with Crippen molar-refractivity contribution in [3.63, 3.8) is 0 Å². The first-order chi connectivity index (χ1) is 11.2. The Bertz CT molecular complexity index is 780. The molecule has 0 radical (unpaired) electrons. The highest BCUT2D eigenvalue weighted by Crippen LogP contribution is 2.13. The SMILES string of the molecule is Cc1cccc(C(=O)Nc2ccc(NCc3ccco3)cn2)c1. The van der Waals surface area contributed by atoms with E-state index < -0.39 is 0 Å². The summed E-state index contributed by atoms with van der Waals surface area (Å²) in [7, 11) is 0. The van der Waals surface area contributed by atoms with Gasteiger partial charge in [0.05, 0.1) is 24.7 Å². The number of carbonyl (C=O) groups excluding carboxylic acids is 1. The molecule has 3 aromatic rings. The molecule has 1 aromatic carbocycles. The summed E-state index contributed by atoms with van der Waals surface area (Å²) in [6, 6.07) is 14.8. The van der Waals surface area contributed by atoms with E-state index in [0.717, 1.165) is 17.0 Å². The zero-order chi connectivity index (χ0) is 16.1. The van der Waals surface area contributed by atoms with Gasteiger partial charge in [-0.05, 0) is 43.3 Å². The van der Waals surface area contributed by atoms with Crippen LogP contribution in [-0.4, -0.2) is 10.9 Å². The number of benzene rings is 1. The third kappa shape index (κ3) is 3.97. The molecule has 2 N–H and O–H groups in total. The summed E-state index contributed by atoms with van der Waals surface area (Å²) < 4.78 is 5.25. The average molecular weight is 307 g/mol. The Hall–Kier alpha value is -3.08. The average Bonchev–Trinajstić information content (AvgIpc) is 3.08. The monoisotopic (exact) mass is 307 g/mol. The maximum Gasteiger partial charge on any atom is 0.256 e. The highest BCUT2D eigenvalue weighted by molar-refractivity contribution is 6.03. The lowest BCUT2D eigenvalue weighted by Gasteiger charge is -2.07. The molecule has 0 saturated carbocycles. The number of aryl methyl sites for hydroxylation is 1. The van der Waals surface area contributed by atoms with Crippen LogP contribution in [0.3, 0.4) is 0 Å². The van der Waals surface area contributed by atoms with Crippen LogP contribution in [0.2, 0.25) is 0 Å². The third-order valence-electron chi connectivity index (χ3n) is 3.33. The first-order valence-corrected chi connectivity index (χ1v) is 7.31. The summed E-state index contributed by atoms with van der Waals surface area (Å²) in [5.41, 5.74) is 2.52. The Kier molecular flexibility index (Phi) is 4.38. The van der Waals surface area contributed by atoms with E-state index in [-0.39, 0.29) is 5.91 Å². The van der Waals surface area contributed by atoms with E-state index in [1.54, 1.807) is 24.6 Å². The molecule has 0 unspecified atom stereocenters. The minimum atomic E-state index is -0.169. The maximum absolute atomic E-state index is 12.2. The second kappa shape index (κ2) is 6.79. The number of anilines is 2. The number of nitrogens with zero attached hydrogens (tertiary/aromatic N) is 1. The van der Waals surface area contributed by atoms with Gasteiger partial charge in [-0.1, -0.05) is 17.7 Å². The first-order valence-electron chi connectivity index (χ1n) is 7.31. The van der Waals surface area contributed by atoms with Crippen molar-refractivity contribution in [2.24, 2.45) is 0 Å². The van der Waals surface area contributed by atoms with Gasteiger partial charge in [0.1, 0.15) is 11.6 Å². The molecule has 2 aromatic heterocycles. The molecule has 0 aliphatic rings. The smallest absolute Gasteiger partial charge is 0.256 e. The Labute approximate surface area is 134 Å². The predicted octanol–water partition coefficient (Wildman–Crippen LogP) is 3.85. The van der Waals surface area contributed by atoms with Crippen molar-refractivity contribution in [3.05, 3.63) is 77.9 Å². The number of amides is 1. The quantitative estimate of drug-likeness (QED) is 0.751. The zero-order valence-electron chi connectivity index (χ0n) is 12.7. The van der Waals surface area contributed by atoms with Gasteiger partial charge in [0, 0.05) is 5.56 Å². The number of rotatable bonds is 5. The van der Waals surface area contributed by atoms with Gasteiger partial charge in [-0.25, -0.2) is 4.98 Å². The van der Waals surface area contributed by atoms with Crippen LogP contribution in [0, 0.1) is 6.92 Å². The van der Waals surface area contributed by atoms with Gasteiger partial charge in [-0.3, -0.25) is 4.79 Å². The number of nitrogens with one attached hydrogen (secondary N) is 2. The number of pyridine rings is 1. The molecule has 23 heavy (non-hydrogen) atoms. The minimum Gasteiger partial charge on any atom is -0.467 e. The molecule has 0 atom stereocenters. The number of aromatic nitrogens is 1. The fourth-order valence-electron chi connectivity index (χ4n) is 2.15. The second-order valence-electron chi connectivity index (χ2n) is 5.19. The van der Waals surface area contributed by atoms with Crippen molar-refractivity contribution in [2.45, 2.75) is 13.5 Å². The van der Waals surface area contributed by atoms with Crippen LogP contribution in [-0.2, 0) is 6.54 Å². The van der Waals surface area contributed by atoms with Crippen molar-refractivity contribution >= 4 is 17.4 Å². The number of hydrogen-bond donors (Lipinski definition) is 2. The van der Waals surface area contributed by atoms with Gasteiger partial charge in [0.25, 0.3) is 5.91 Å². The Morgan fingerprint density at radius 1 is 1.17 bits per heavy atom. The molecule has 0 spiro atoms. The summed E-state index contributed by atoms with van der Waals surface area (Å²) in [5, 5.41) is 5.98. The maximum atomic E-state index is 12.2. The normalized spacial score (nSPS) is 10.3. The molecule has 2 heterocycles. The fourth-order valence-corrected chi connectivity index (χ4v) is 2.15. The van der Waals surface area contributed by atoms with Crippen molar-refractivity contribution in [2.75, 3.05) is 10.6 Å². The van der Waals surface area contributed by atoms with Gasteiger partial charge in [0.2, 0.25) is 0 Å². The number of furan rings is 1. The van der Waals surface area contributed by atoms with Gasteiger partial charge in [-0.2, -0.15) is 0 Å². The van der Waals surface area contributed by atoms with Crippen LogP contribution in [0.5, 0.6) is 0 Å². The molecular formula is C18H17N3O2. The third-order valence-corrected chi connectivity index (χ3v) is 3.33. The number of carbonyl (C=O) groups is 1. The molecule has 0 fully saturated rings. The van der Waals surface area contributed by atoms with Crippen molar-refractivity contribution < 1.29 is 9.21 Å².